The molecule has 0 radical (unpaired) electrons. The average Bonchev–Trinajstić information content (AvgIpc) is 2.80. The zero-order valence-corrected chi connectivity index (χ0v) is 12.3. The predicted octanol–water partition coefficient (Wildman–Crippen LogP) is 1.92. The van der Waals surface area contributed by atoms with Crippen LogP contribution in [0.15, 0.2) is 0 Å². The molecule has 19 heavy (non-hydrogen) atoms. The second-order valence-electron chi connectivity index (χ2n) is 6.44. The molecular formula is C14H27F2N3. The van der Waals surface area contributed by atoms with Crippen LogP contribution < -0.4 is 5.73 Å². The zero-order chi connectivity index (χ0) is 14.2. The highest BCUT2D eigenvalue weighted by Gasteiger charge is 2.47. The van der Waals surface area contributed by atoms with E-state index < -0.39 is 12.0 Å². The van der Waals surface area contributed by atoms with E-state index in [4.69, 9.17) is 5.73 Å². The maximum absolute atomic E-state index is 13.7. The Balaban J connectivity index is 1.97. The van der Waals surface area contributed by atoms with Crippen LogP contribution in [-0.2, 0) is 0 Å². The third-order valence-corrected chi connectivity index (χ3v) is 4.97. The van der Waals surface area contributed by atoms with Crippen molar-refractivity contribution in [2.75, 3.05) is 20.1 Å². The summed E-state index contributed by atoms with van der Waals surface area (Å²) in [6.07, 6.45) is 2.42. The van der Waals surface area contributed by atoms with Crippen LogP contribution in [0, 0.1) is 0 Å². The van der Waals surface area contributed by atoms with Crippen LogP contribution in [0.4, 0.5) is 8.78 Å². The molecule has 3 nitrogen and oxygen atoms in total. The summed E-state index contributed by atoms with van der Waals surface area (Å²) in [5.41, 5.74) is 5.81. The number of likely N-dealkylation sites (tertiary alicyclic amines) is 1. The Labute approximate surface area is 115 Å². The van der Waals surface area contributed by atoms with Gasteiger partial charge < -0.3 is 5.73 Å². The molecule has 5 heteroatoms. The van der Waals surface area contributed by atoms with E-state index in [0.717, 1.165) is 25.9 Å². The molecule has 0 amide bonds. The molecule has 0 aromatic heterocycles. The van der Waals surface area contributed by atoms with Gasteiger partial charge in [0.05, 0.1) is 6.04 Å². The number of rotatable bonds is 3. The van der Waals surface area contributed by atoms with Gasteiger partial charge in [-0.25, -0.2) is 8.78 Å². The molecule has 2 N–H and O–H groups in total. The average molecular weight is 275 g/mol. The van der Waals surface area contributed by atoms with E-state index in [1.165, 1.54) is 0 Å². The predicted molar refractivity (Wildman–Crippen MR) is 73.4 cm³/mol. The quantitative estimate of drug-likeness (QED) is 0.854. The van der Waals surface area contributed by atoms with Crippen LogP contribution in [0.3, 0.4) is 0 Å². The monoisotopic (exact) mass is 275 g/mol. The molecule has 112 valence electrons. The molecule has 2 fully saturated rings. The normalized spacial score (nSPS) is 36.3. The van der Waals surface area contributed by atoms with Gasteiger partial charge in [-0.2, -0.15) is 0 Å². The highest BCUT2D eigenvalue weighted by Crippen LogP contribution is 2.36. The fourth-order valence-corrected chi connectivity index (χ4v) is 3.41. The molecule has 1 saturated heterocycles. The maximum atomic E-state index is 13.7. The lowest BCUT2D eigenvalue weighted by Crippen LogP contribution is -2.58. The molecule has 0 spiro atoms. The number of nitrogens with two attached hydrogens (primary N) is 1. The second-order valence-corrected chi connectivity index (χ2v) is 6.44. The van der Waals surface area contributed by atoms with E-state index in [1.807, 2.05) is 0 Å². The SMILES string of the molecule is CC(C)N(C)[C@H]1CCN([C@H]2CCCC(F)(F)[C@@H]2N)C1. The van der Waals surface area contributed by atoms with Crippen molar-refractivity contribution in [3.8, 4) is 0 Å². The van der Waals surface area contributed by atoms with Gasteiger partial charge in [0.15, 0.2) is 0 Å². The topological polar surface area (TPSA) is 32.5 Å². The second kappa shape index (κ2) is 5.62. The van der Waals surface area contributed by atoms with Crippen LogP contribution in [0.1, 0.15) is 39.5 Å². The van der Waals surface area contributed by atoms with E-state index in [-0.39, 0.29) is 12.5 Å². The van der Waals surface area contributed by atoms with Crippen LogP contribution in [-0.4, -0.2) is 60.0 Å². The number of hydrogen-bond acceptors (Lipinski definition) is 3. The molecule has 0 bridgehead atoms. The van der Waals surface area contributed by atoms with Gasteiger partial charge in [-0.05, 0) is 40.2 Å². The Hall–Kier alpha value is -0.260. The van der Waals surface area contributed by atoms with Crippen LogP contribution in [0.2, 0.25) is 0 Å². The molecule has 1 saturated carbocycles. The summed E-state index contributed by atoms with van der Waals surface area (Å²) in [6, 6.07) is -0.173. The molecule has 0 aromatic carbocycles. The van der Waals surface area contributed by atoms with Crippen molar-refractivity contribution in [2.45, 2.75) is 69.6 Å². The number of nitrogens with zero attached hydrogens (tertiary/aromatic N) is 2. The van der Waals surface area contributed by atoms with E-state index >= 15 is 0 Å². The lowest BCUT2D eigenvalue weighted by atomic mass is 9.86. The lowest BCUT2D eigenvalue weighted by Gasteiger charge is -2.40. The summed E-state index contributed by atoms with van der Waals surface area (Å²) < 4.78 is 27.4. The summed E-state index contributed by atoms with van der Waals surface area (Å²) in [5.74, 6) is -2.69. The first-order chi connectivity index (χ1) is 8.83. The molecular weight excluding hydrogens is 248 g/mol. The van der Waals surface area contributed by atoms with Crippen LogP contribution in [0.25, 0.3) is 0 Å². The minimum atomic E-state index is -2.69. The molecule has 0 unspecified atom stereocenters. The molecule has 0 aromatic rings. The largest absolute Gasteiger partial charge is 0.321 e. The summed E-state index contributed by atoms with van der Waals surface area (Å²) in [5, 5.41) is 0. The van der Waals surface area contributed by atoms with Crippen molar-refractivity contribution in [1.82, 2.24) is 9.80 Å². The molecule has 2 aliphatic rings. The Morgan fingerprint density at radius 2 is 2.00 bits per heavy atom. The smallest absolute Gasteiger partial charge is 0.264 e. The van der Waals surface area contributed by atoms with Crippen molar-refractivity contribution in [3.63, 3.8) is 0 Å². The van der Waals surface area contributed by atoms with Gasteiger partial charge in [-0.1, -0.05) is 0 Å². The molecule has 1 heterocycles. The minimum absolute atomic E-state index is 0.0478. The van der Waals surface area contributed by atoms with E-state index in [2.05, 4.69) is 30.7 Å². The van der Waals surface area contributed by atoms with Gasteiger partial charge in [-0.3, -0.25) is 9.80 Å². The van der Waals surface area contributed by atoms with Gasteiger partial charge in [0.25, 0.3) is 5.92 Å². The third kappa shape index (κ3) is 3.09. The van der Waals surface area contributed by atoms with Crippen LogP contribution in [0.5, 0.6) is 0 Å². The summed E-state index contributed by atoms with van der Waals surface area (Å²) in [6.45, 7) is 6.12. The number of halogens is 2. The van der Waals surface area contributed by atoms with Gasteiger partial charge in [0, 0.05) is 37.6 Å². The summed E-state index contributed by atoms with van der Waals surface area (Å²) in [7, 11) is 2.12. The first kappa shape index (κ1) is 15.1. The Bertz CT molecular complexity index is 309. The van der Waals surface area contributed by atoms with E-state index in [0.29, 0.717) is 18.5 Å². The molecule has 1 aliphatic heterocycles. The summed E-state index contributed by atoms with van der Waals surface area (Å²) >= 11 is 0. The standard InChI is InChI=1S/C14H27F2N3/c1-10(2)18(3)11-6-8-19(9-11)12-5-4-7-14(15,16)13(12)17/h10-13H,4-9,17H2,1-3H3/t11-,12-,13+/m0/s1. The van der Waals surface area contributed by atoms with Crippen molar-refractivity contribution in [1.29, 1.82) is 0 Å². The summed E-state index contributed by atoms with van der Waals surface area (Å²) in [4.78, 5) is 4.54. The van der Waals surface area contributed by atoms with E-state index in [9.17, 15) is 8.78 Å². The van der Waals surface area contributed by atoms with Crippen molar-refractivity contribution in [3.05, 3.63) is 0 Å². The first-order valence-corrected chi connectivity index (χ1v) is 7.42. The first-order valence-electron chi connectivity index (χ1n) is 7.42. The Kier molecular flexibility index (Phi) is 4.48. The zero-order valence-electron chi connectivity index (χ0n) is 12.3. The van der Waals surface area contributed by atoms with Crippen LogP contribution >= 0.6 is 0 Å². The third-order valence-electron chi connectivity index (χ3n) is 4.97. The molecule has 2 rings (SSSR count). The highest BCUT2D eigenvalue weighted by atomic mass is 19.3. The number of alkyl halides is 2. The Morgan fingerprint density at radius 3 is 2.63 bits per heavy atom. The van der Waals surface area contributed by atoms with Crippen molar-refractivity contribution >= 4 is 0 Å². The fourth-order valence-electron chi connectivity index (χ4n) is 3.41. The van der Waals surface area contributed by atoms with E-state index in [1.54, 1.807) is 0 Å². The Morgan fingerprint density at radius 1 is 1.32 bits per heavy atom. The molecule has 1 aliphatic carbocycles. The van der Waals surface area contributed by atoms with Gasteiger partial charge in [0.2, 0.25) is 0 Å². The maximum Gasteiger partial charge on any atom is 0.264 e. The fraction of sp³-hybridized carbons (Fsp3) is 1.00. The highest BCUT2D eigenvalue weighted by molar-refractivity contribution is 4.99. The van der Waals surface area contributed by atoms with Gasteiger partial charge in [-0.15, -0.1) is 0 Å². The van der Waals surface area contributed by atoms with Crippen molar-refractivity contribution < 1.29 is 8.78 Å². The van der Waals surface area contributed by atoms with Crippen molar-refractivity contribution in [2.24, 2.45) is 5.73 Å². The van der Waals surface area contributed by atoms with Gasteiger partial charge in [0.1, 0.15) is 0 Å². The minimum Gasteiger partial charge on any atom is -0.321 e. The lowest BCUT2D eigenvalue weighted by molar-refractivity contribution is -0.0803. The van der Waals surface area contributed by atoms with Gasteiger partial charge >= 0.3 is 0 Å². The molecule has 3 atom stereocenters. The number of likely N-dealkylation sites (N-methyl/N-ethyl adjacent to an activating group) is 1. The number of hydrogen-bond donors (Lipinski definition) is 1.